The molecule has 12 heavy (non-hydrogen) atoms. The summed E-state index contributed by atoms with van der Waals surface area (Å²) in [6, 6.07) is 3.96. The number of carboxylic acid groups (broad SMARTS) is 1. The molecule has 0 saturated heterocycles. The summed E-state index contributed by atoms with van der Waals surface area (Å²) >= 11 is 1.64. The van der Waals surface area contributed by atoms with Gasteiger partial charge in [0.1, 0.15) is 0 Å². The second-order valence-electron chi connectivity index (χ2n) is 2.49. The highest BCUT2D eigenvalue weighted by Gasteiger charge is 2.03. The van der Waals surface area contributed by atoms with Crippen molar-refractivity contribution in [1.82, 2.24) is 0 Å². The van der Waals surface area contributed by atoms with Crippen LogP contribution >= 0.6 is 11.3 Å². The van der Waals surface area contributed by atoms with Crippen LogP contribution in [-0.2, 0) is 11.2 Å². The summed E-state index contributed by atoms with van der Waals surface area (Å²) in [6.07, 6.45) is 1.32. The van der Waals surface area contributed by atoms with Gasteiger partial charge in [-0.25, -0.2) is 4.79 Å². The standard InChI is InChI=1S/C9H10O2S/c1-7(9(10)11)4-5-8-3-2-6-12-8/h2-3,6H,1,4-5H2,(H,10,11). The number of carbonyl (C=O) groups is 1. The molecule has 1 aromatic rings. The summed E-state index contributed by atoms with van der Waals surface area (Å²) in [4.78, 5) is 11.6. The van der Waals surface area contributed by atoms with Crippen LogP contribution < -0.4 is 0 Å². The quantitative estimate of drug-likeness (QED) is 0.725. The first-order valence-corrected chi connectivity index (χ1v) is 4.51. The lowest BCUT2D eigenvalue weighted by Gasteiger charge is -1.96. The van der Waals surface area contributed by atoms with E-state index in [4.69, 9.17) is 5.11 Å². The van der Waals surface area contributed by atoms with Crippen molar-refractivity contribution in [3.05, 3.63) is 34.5 Å². The van der Waals surface area contributed by atoms with Crippen LogP contribution in [0.3, 0.4) is 0 Å². The molecule has 0 unspecified atom stereocenters. The van der Waals surface area contributed by atoms with Gasteiger partial charge >= 0.3 is 5.97 Å². The van der Waals surface area contributed by atoms with E-state index in [0.29, 0.717) is 6.42 Å². The molecule has 0 amide bonds. The number of rotatable bonds is 4. The minimum Gasteiger partial charge on any atom is -0.478 e. The zero-order valence-electron chi connectivity index (χ0n) is 6.62. The number of thiophene rings is 1. The van der Waals surface area contributed by atoms with Crippen LogP contribution in [-0.4, -0.2) is 11.1 Å². The second-order valence-corrected chi connectivity index (χ2v) is 3.52. The third-order valence-corrected chi connectivity index (χ3v) is 2.49. The Kier molecular flexibility index (Phi) is 3.05. The van der Waals surface area contributed by atoms with Gasteiger partial charge in [0, 0.05) is 10.5 Å². The third kappa shape index (κ3) is 2.51. The van der Waals surface area contributed by atoms with Gasteiger partial charge in [-0.2, -0.15) is 0 Å². The minimum atomic E-state index is -0.897. The third-order valence-electron chi connectivity index (χ3n) is 1.56. The molecule has 1 aromatic heterocycles. The van der Waals surface area contributed by atoms with Crippen molar-refractivity contribution in [3.63, 3.8) is 0 Å². The fourth-order valence-corrected chi connectivity index (χ4v) is 1.54. The number of carboxylic acids is 1. The number of aryl methyl sites for hydroxylation is 1. The Bertz CT molecular complexity index is 275. The van der Waals surface area contributed by atoms with Crippen molar-refractivity contribution in [2.24, 2.45) is 0 Å². The normalized spacial score (nSPS) is 9.67. The molecule has 0 spiro atoms. The number of aliphatic carboxylic acids is 1. The molecule has 64 valence electrons. The largest absolute Gasteiger partial charge is 0.478 e. The number of hydrogen-bond acceptors (Lipinski definition) is 2. The first-order chi connectivity index (χ1) is 5.70. The van der Waals surface area contributed by atoms with Gasteiger partial charge in [-0.3, -0.25) is 0 Å². The maximum atomic E-state index is 10.4. The highest BCUT2D eigenvalue weighted by Crippen LogP contribution is 2.13. The van der Waals surface area contributed by atoms with Crippen molar-refractivity contribution in [2.75, 3.05) is 0 Å². The molecule has 0 bridgehead atoms. The topological polar surface area (TPSA) is 37.3 Å². The molecule has 1 rings (SSSR count). The Morgan fingerprint density at radius 2 is 2.42 bits per heavy atom. The van der Waals surface area contributed by atoms with E-state index in [1.165, 1.54) is 4.88 Å². The van der Waals surface area contributed by atoms with Crippen LogP contribution in [0, 0.1) is 0 Å². The fourth-order valence-electron chi connectivity index (χ4n) is 0.836. The van der Waals surface area contributed by atoms with Crippen LogP contribution in [0.1, 0.15) is 11.3 Å². The van der Waals surface area contributed by atoms with Crippen LogP contribution in [0.25, 0.3) is 0 Å². The van der Waals surface area contributed by atoms with Gasteiger partial charge in [-0.05, 0) is 24.3 Å². The molecule has 1 N–H and O–H groups in total. The summed E-state index contributed by atoms with van der Waals surface area (Å²) in [5.41, 5.74) is 0.281. The molecule has 1 heterocycles. The van der Waals surface area contributed by atoms with E-state index in [1.807, 2.05) is 17.5 Å². The Balaban J connectivity index is 2.37. The molecule has 0 fully saturated rings. The SMILES string of the molecule is C=C(CCc1cccs1)C(=O)O. The summed E-state index contributed by atoms with van der Waals surface area (Å²) in [7, 11) is 0. The van der Waals surface area contributed by atoms with Crippen molar-refractivity contribution in [3.8, 4) is 0 Å². The zero-order chi connectivity index (χ0) is 8.97. The molecule has 3 heteroatoms. The molecule has 0 aliphatic rings. The molecule has 0 atom stereocenters. The predicted octanol–water partition coefficient (Wildman–Crippen LogP) is 2.32. The molecule has 2 nitrogen and oxygen atoms in total. The minimum absolute atomic E-state index is 0.281. The van der Waals surface area contributed by atoms with Crippen molar-refractivity contribution in [1.29, 1.82) is 0 Å². The molecular formula is C9H10O2S. The highest BCUT2D eigenvalue weighted by molar-refractivity contribution is 7.09. The lowest BCUT2D eigenvalue weighted by Crippen LogP contribution is -1.99. The molecule has 0 aliphatic heterocycles. The van der Waals surface area contributed by atoms with Gasteiger partial charge in [-0.1, -0.05) is 12.6 Å². The van der Waals surface area contributed by atoms with Gasteiger partial charge in [0.25, 0.3) is 0 Å². The molecule has 0 saturated carbocycles. The van der Waals surface area contributed by atoms with Gasteiger partial charge in [0.15, 0.2) is 0 Å². The van der Waals surface area contributed by atoms with Crippen LogP contribution in [0.2, 0.25) is 0 Å². The predicted molar refractivity (Wildman–Crippen MR) is 49.4 cm³/mol. The lowest BCUT2D eigenvalue weighted by atomic mass is 10.1. The Hall–Kier alpha value is -1.09. The molecule has 0 radical (unpaired) electrons. The molecule has 0 aromatic carbocycles. The maximum Gasteiger partial charge on any atom is 0.330 e. The Morgan fingerprint density at radius 3 is 2.92 bits per heavy atom. The van der Waals surface area contributed by atoms with E-state index in [1.54, 1.807) is 11.3 Å². The van der Waals surface area contributed by atoms with Crippen molar-refractivity contribution in [2.45, 2.75) is 12.8 Å². The first kappa shape index (κ1) is 9.00. The van der Waals surface area contributed by atoms with Crippen molar-refractivity contribution < 1.29 is 9.90 Å². The Morgan fingerprint density at radius 1 is 1.67 bits per heavy atom. The molecular weight excluding hydrogens is 172 g/mol. The van der Waals surface area contributed by atoms with E-state index in [9.17, 15) is 4.79 Å². The van der Waals surface area contributed by atoms with Crippen LogP contribution in [0.4, 0.5) is 0 Å². The van der Waals surface area contributed by atoms with Crippen LogP contribution in [0.5, 0.6) is 0 Å². The molecule has 0 aliphatic carbocycles. The van der Waals surface area contributed by atoms with E-state index >= 15 is 0 Å². The van der Waals surface area contributed by atoms with E-state index < -0.39 is 5.97 Å². The number of hydrogen-bond donors (Lipinski definition) is 1. The van der Waals surface area contributed by atoms with E-state index in [-0.39, 0.29) is 5.57 Å². The van der Waals surface area contributed by atoms with E-state index in [0.717, 1.165) is 6.42 Å². The first-order valence-electron chi connectivity index (χ1n) is 3.63. The van der Waals surface area contributed by atoms with Gasteiger partial charge < -0.3 is 5.11 Å². The monoisotopic (exact) mass is 182 g/mol. The van der Waals surface area contributed by atoms with Crippen LogP contribution in [0.15, 0.2) is 29.7 Å². The van der Waals surface area contributed by atoms with Gasteiger partial charge in [-0.15, -0.1) is 11.3 Å². The van der Waals surface area contributed by atoms with Gasteiger partial charge in [0.05, 0.1) is 0 Å². The smallest absolute Gasteiger partial charge is 0.330 e. The van der Waals surface area contributed by atoms with Crippen molar-refractivity contribution >= 4 is 17.3 Å². The fraction of sp³-hybridized carbons (Fsp3) is 0.222. The maximum absolute atomic E-state index is 10.4. The average molecular weight is 182 g/mol. The lowest BCUT2D eigenvalue weighted by molar-refractivity contribution is -0.132. The Labute approximate surface area is 75.2 Å². The summed E-state index contributed by atoms with van der Waals surface area (Å²) in [5.74, 6) is -0.897. The van der Waals surface area contributed by atoms with E-state index in [2.05, 4.69) is 6.58 Å². The summed E-state index contributed by atoms with van der Waals surface area (Å²) < 4.78 is 0. The zero-order valence-corrected chi connectivity index (χ0v) is 7.43. The second kappa shape index (κ2) is 4.07. The summed E-state index contributed by atoms with van der Waals surface area (Å²) in [5, 5.41) is 10.5. The average Bonchev–Trinajstić information content (AvgIpc) is 2.51. The summed E-state index contributed by atoms with van der Waals surface area (Å²) in [6.45, 7) is 3.46. The highest BCUT2D eigenvalue weighted by atomic mass is 32.1. The van der Waals surface area contributed by atoms with Gasteiger partial charge in [0.2, 0.25) is 0 Å².